The maximum Gasteiger partial charge on any atom is 0.307 e. The third-order valence-corrected chi connectivity index (χ3v) is 5.13. The summed E-state index contributed by atoms with van der Waals surface area (Å²) in [7, 11) is -1.43. The molecule has 2 aromatic carbocycles. The minimum Gasteiger partial charge on any atom is -0.140 e. The average molecular weight is 280 g/mol. The number of benzene rings is 2. The van der Waals surface area contributed by atoms with Crippen molar-refractivity contribution in [3.8, 4) is 11.1 Å². The summed E-state index contributed by atoms with van der Waals surface area (Å²) in [4.78, 5) is 0. The maximum absolute atomic E-state index is 6.08. The highest BCUT2D eigenvalue weighted by atomic mass is 35.7. The molecule has 17 heavy (non-hydrogen) atoms. The van der Waals surface area contributed by atoms with E-state index in [1.54, 1.807) is 0 Å². The molecule has 2 aromatic rings. The summed E-state index contributed by atoms with van der Waals surface area (Å²) in [6.45, 7) is 4.15. The van der Waals surface area contributed by atoms with Crippen molar-refractivity contribution >= 4 is 34.8 Å². The van der Waals surface area contributed by atoms with Crippen LogP contribution < -0.4 is 5.19 Å². The lowest BCUT2D eigenvalue weighted by molar-refractivity contribution is 1.43. The van der Waals surface area contributed by atoms with E-state index in [0.717, 1.165) is 5.19 Å². The molecule has 1 radical (unpaired) electrons. The van der Waals surface area contributed by atoms with E-state index in [-0.39, 0.29) is 0 Å². The predicted molar refractivity (Wildman–Crippen MR) is 78.4 cm³/mol. The van der Waals surface area contributed by atoms with Gasteiger partial charge < -0.3 is 0 Å². The van der Waals surface area contributed by atoms with Crippen molar-refractivity contribution in [1.29, 1.82) is 0 Å². The number of rotatable bonds is 2. The van der Waals surface area contributed by atoms with Gasteiger partial charge in [-0.15, -0.1) is 22.2 Å². The zero-order chi connectivity index (χ0) is 12.4. The zero-order valence-electron chi connectivity index (χ0n) is 9.80. The number of halogens is 2. The van der Waals surface area contributed by atoms with E-state index in [9.17, 15) is 0 Å². The van der Waals surface area contributed by atoms with Gasteiger partial charge in [0.2, 0.25) is 0 Å². The van der Waals surface area contributed by atoms with E-state index in [4.69, 9.17) is 22.2 Å². The van der Waals surface area contributed by atoms with Gasteiger partial charge in [-0.2, -0.15) is 0 Å². The topological polar surface area (TPSA) is 0 Å². The second-order valence-corrected chi connectivity index (χ2v) is 7.98. The second-order valence-electron chi connectivity index (χ2n) is 4.11. The van der Waals surface area contributed by atoms with Crippen LogP contribution in [0.15, 0.2) is 42.5 Å². The van der Waals surface area contributed by atoms with Crippen molar-refractivity contribution in [2.24, 2.45) is 0 Å². The van der Waals surface area contributed by atoms with Crippen LogP contribution in [0.5, 0.6) is 0 Å². The molecule has 0 aliphatic heterocycles. The first kappa shape index (κ1) is 12.7. The van der Waals surface area contributed by atoms with Crippen molar-refractivity contribution in [3.63, 3.8) is 0 Å². The predicted octanol–water partition coefficient (Wildman–Crippen LogP) is 4.14. The lowest BCUT2D eigenvalue weighted by Gasteiger charge is -2.12. The molecule has 0 spiro atoms. The SMILES string of the molecule is Cc1cc(-c2ccccc2)cc(C)c1[Si](Cl)Cl. The van der Waals surface area contributed by atoms with Crippen LogP contribution in [0.3, 0.4) is 0 Å². The molecule has 0 bridgehead atoms. The Kier molecular flexibility index (Phi) is 3.92. The largest absolute Gasteiger partial charge is 0.307 e. The quantitative estimate of drug-likeness (QED) is 0.573. The van der Waals surface area contributed by atoms with Crippen LogP contribution in [-0.4, -0.2) is 7.42 Å². The summed E-state index contributed by atoms with van der Waals surface area (Å²) >= 11 is 12.2. The minimum absolute atomic E-state index is 1.12. The molecule has 0 N–H and O–H groups in total. The van der Waals surface area contributed by atoms with Crippen LogP contribution in [0.4, 0.5) is 0 Å². The molecular formula is C14H13Cl2Si. The van der Waals surface area contributed by atoms with Gasteiger partial charge in [-0.1, -0.05) is 42.5 Å². The fraction of sp³-hybridized carbons (Fsp3) is 0.143. The summed E-state index contributed by atoms with van der Waals surface area (Å²) < 4.78 is 0. The Morgan fingerprint density at radius 1 is 0.824 bits per heavy atom. The molecule has 0 fully saturated rings. The van der Waals surface area contributed by atoms with Crippen LogP contribution in [0.25, 0.3) is 11.1 Å². The molecule has 87 valence electrons. The van der Waals surface area contributed by atoms with E-state index in [2.05, 4.69) is 38.1 Å². The molecular weight excluding hydrogens is 267 g/mol. The van der Waals surface area contributed by atoms with Gasteiger partial charge in [0.05, 0.1) is 0 Å². The van der Waals surface area contributed by atoms with Crippen molar-refractivity contribution in [3.05, 3.63) is 53.6 Å². The molecule has 0 amide bonds. The summed E-state index contributed by atoms with van der Waals surface area (Å²) in [5.41, 5.74) is 4.81. The molecule has 0 saturated carbocycles. The second kappa shape index (κ2) is 5.26. The Bertz CT molecular complexity index is 498. The highest BCUT2D eigenvalue weighted by Crippen LogP contribution is 2.22. The molecule has 0 atom stereocenters. The number of aryl methyl sites for hydroxylation is 2. The average Bonchev–Trinajstić information content (AvgIpc) is 2.28. The van der Waals surface area contributed by atoms with E-state index in [1.807, 2.05) is 18.2 Å². The van der Waals surface area contributed by atoms with Crippen LogP contribution in [0.1, 0.15) is 11.1 Å². The Labute approximate surface area is 113 Å². The molecule has 0 aliphatic carbocycles. The summed E-state index contributed by atoms with van der Waals surface area (Å²) in [6, 6.07) is 14.7. The van der Waals surface area contributed by atoms with Crippen LogP contribution in [-0.2, 0) is 0 Å². The fourth-order valence-electron chi connectivity index (χ4n) is 2.06. The van der Waals surface area contributed by atoms with E-state index >= 15 is 0 Å². The summed E-state index contributed by atoms with van der Waals surface area (Å²) in [6.07, 6.45) is 0. The monoisotopic (exact) mass is 279 g/mol. The lowest BCUT2D eigenvalue weighted by Crippen LogP contribution is -2.24. The first-order valence-corrected chi connectivity index (χ1v) is 8.97. The lowest BCUT2D eigenvalue weighted by atomic mass is 10.0. The van der Waals surface area contributed by atoms with Gasteiger partial charge >= 0.3 is 7.42 Å². The van der Waals surface area contributed by atoms with Crippen molar-refractivity contribution < 1.29 is 0 Å². The zero-order valence-corrected chi connectivity index (χ0v) is 12.3. The highest BCUT2D eigenvalue weighted by Gasteiger charge is 2.15. The van der Waals surface area contributed by atoms with Gasteiger partial charge in [-0.25, -0.2) is 0 Å². The van der Waals surface area contributed by atoms with Gasteiger partial charge in [-0.3, -0.25) is 0 Å². The fourth-order valence-corrected chi connectivity index (χ4v) is 4.59. The molecule has 0 aromatic heterocycles. The van der Waals surface area contributed by atoms with Crippen molar-refractivity contribution in [2.75, 3.05) is 0 Å². The van der Waals surface area contributed by atoms with Crippen LogP contribution in [0, 0.1) is 13.8 Å². The van der Waals surface area contributed by atoms with E-state index in [0.29, 0.717) is 0 Å². The van der Waals surface area contributed by atoms with Crippen LogP contribution in [0.2, 0.25) is 0 Å². The van der Waals surface area contributed by atoms with E-state index < -0.39 is 7.42 Å². The third kappa shape index (κ3) is 2.74. The molecule has 3 heteroatoms. The Morgan fingerprint density at radius 2 is 1.35 bits per heavy atom. The Hall–Kier alpha value is -0.763. The van der Waals surface area contributed by atoms with Gasteiger partial charge in [-0.05, 0) is 41.3 Å². The number of hydrogen-bond acceptors (Lipinski definition) is 0. The standard InChI is InChI=1S/C14H13Cl2Si/c1-10-8-13(12-6-4-3-5-7-12)9-11(2)14(10)17(15)16/h3-9H,1-2H3. The molecule has 0 saturated heterocycles. The van der Waals surface area contributed by atoms with Crippen LogP contribution >= 0.6 is 22.2 Å². The Morgan fingerprint density at radius 3 is 1.82 bits per heavy atom. The summed E-state index contributed by atoms with van der Waals surface area (Å²) in [5.74, 6) is 0. The maximum atomic E-state index is 6.08. The van der Waals surface area contributed by atoms with Crippen molar-refractivity contribution in [2.45, 2.75) is 13.8 Å². The molecule has 0 nitrogen and oxygen atoms in total. The van der Waals surface area contributed by atoms with Gasteiger partial charge in [0.1, 0.15) is 0 Å². The summed E-state index contributed by atoms with van der Waals surface area (Å²) in [5, 5.41) is 1.12. The highest BCUT2D eigenvalue weighted by molar-refractivity contribution is 7.39. The van der Waals surface area contributed by atoms with Gasteiger partial charge in [0, 0.05) is 0 Å². The van der Waals surface area contributed by atoms with Crippen molar-refractivity contribution in [1.82, 2.24) is 0 Å². The Balaban J connectivity index is 2.53. The molecule has 0 heterocycles. The molecule has 2 rings (SSSR count). The molecule has 0 aliphatic rings. The smallest absolute Gasteiger partial charge is 0.140 e. The molecule has 0 unspecified atom stereocenters. The first-order valence-electron chi connectivity index (χ1n) is 5.44. The minimum atomic E-state index is -1.43. The van der Waals surface area contributed by atoms with Gasteiger partial charge in [0.15, 0.2) is 0 Å². The first-order chi connectivity index (χ1) is 8.09. The third-order valence-electron chi connectivity index (χ3n) is 2.83. The van der Waals surface area contributed by atoms with Gasteiger partial charge in [0.25, 0.3) is 0 Å². The van der Waals surface area contributed by atoms with E-state index in [1.165, 1.54) is 22.3 Å². The normalized spacial score (nSPS) is 10.9. The number of hydrogen-bond donors (Lipinski definition) is 0.